The van der Waals surface area contributed by atoms with E-state index in [1.807, 2.05) is 0 Å². The summed E-state index contributed by atoms with van der Waals surface area (Å²) in [4.78, 5) is 0. The molecule has 0 heterocycles. The second kappa shape index (κ2) is 6.61. The van der Waals surface area contributed by atoms with Crippen molar-refractivity contribution in [2.45, 2.75) is 45.1 Å². The van der Waals surface area contributed by atoms with Gasteiger partial charge in [0, 0.05) is 0 Å². The molecule has 1 aromatic rings. The van der Waals surface area contributed by atoms with Crippen LogP contribution >= 0.6 is 0 Å². The molecule has 1 aromatic carbocycles. The van der Waals surface area contributed by atoms with Crippen LogP contribution in [0.4, 0.5) is 0 Å². The number of nitrogens with one attached hydrogen (secondary N) is 1. The minimum atomic E-state index is 0.441. The Morgan fingerprint density at radius 1 is 1.18 bits per heavy atom. The summed E-state index contributed by atoms with van der Waals surface area (Å²) in [5.74, 6) is 0. The van der Waals surface area contributed by atoms with Crippen molar-refractivity contribution >= 4 is 0 Å². The maximum atomic E-state index is 3.69. The van der Waals surface area contributed by atoms with Crippen LogP contribution in [0, 0.1) is 0 Å². The van der Waals surface area contributed by atoms with Gasteiger partial charge in [-0.05, 0) is 44.2 Å². The van der Waals surface area contributed by atoms with E-state index in [1.165, 1.54) is 37.7 Å². The number of benzene rings is 1. The van der Waals surface area contributed by atoms with Crippen LogP contribution in [0.1, 0.15) is 50.6 Å². The van der Waals surface area contributed by atoms with E-state index in [0.717, 1.165) is 6.54 Å². The maximum Gasteiger partial charge on any atom is 0.0536 e. The maximum absolute atomic E-state index is 3.69. The summed E-state index contributed by atoms with van der Waals surface area (Å²) in [6, 6.07) is 11.3. The summed E-state index contributed by atoms with van der Waals surface area (Å²) in [5, 5.41) is 3.69. The molecule has 0 aromatic heterocycles. The van der Waals surface area contributed by atoms with E-state index in [1.54, 1.807) is 5.57 Å². The van der Waals surface area contributed by atoms with Gasteiger partial charge in [0.05, 0.1) is 6.04 Å². The molecule has 1 heteroatoms. The van der Waals surface area contributed by atoms with Crippen LogP contribution in [-0.4, -0.2) is 6.54 Å². The van der Waals surface area contributed by atoms with Crippen molar-refractivity contribution in [2.24, 2.45) is 0 Å². The molecule has 2 rings (SSSR count). The fourth-order valence-corrected chi connectivity index (χ4v) is 2.52. The van der Waals surface area contributed by atoms with E-state index in [2.05, 4.69) is 48.6 Å². The lowest BCUT2D eigenvalue weighted by molar-refractivity contribution is 0.547. The molecule has 0 bridgehead atoms. The van der Waals surface area contributed by atoms with Crippen LogP contribution in [0.5, 0.6) is 0 Å². The molecule has 92 valence electrons. The molecular weight excluding hydrogens is 206 g/mol. The predicted molar refractivity (Wildman–Crippen MR) is 74.0 cm³/mol. The fourth-order valence-electron chi connectivity index (χ4n) is 2.52. The highest BCUT2D eigenvalue weighted by molar-refractivity contribution is 5.28. The van der Waals surface area contributed by atoms with Crippen molar-refractivity contribution in [3.8, 4) is 0 Å². The minimum absolute atomic E-state index is 0.441. The van der Waals surface area contributed by atoms with Crippen LogP contribution in [0.3, 0.4) is 0 Å². The summed E-state index contributed by atoms with van der Waals surface area (Å²) in [6.07, 6.45) is 8.87. The Bertz CT molecular complexity index is 353. The van der Waals surface area contributed by atoms with Crippen molar-refractivity contribution in [1.82, 2.24) is 5.32 Å². The zero-order valence-corrected chi connectivity index (χ0v) is 10.8. The molecular formula is C16H23N. The second-order valence-corrected chi connectivity index (χ2v) is 4.82. The summed E-state index contributed by atoms with van der Waals surface area (Å²) < 4.78 is 0. The van der Waals surface area contributed by atoms with Gasteiger partial charge in [0.2, 0.25) is 0 Å². The molecule has 1 aliphatic rings. The number of allylic oxidation sites excluding steroid dienone is 1. The highest BCUT2D eigenvalue weighted by atomic mass is 14.9. The fraction of sp³-hybridized carbons (Fsp3) is 0.500. The molecule has 0 radical (unpaired) electrons. The Labute approximate surface area is 105 Å². The Hall–Kier alpha value is -1.08. The minimum Gasteiger partial charge on any atom is -0.307 e. The topological polar surface area (TPSA) is 12.0 Å². The van der Waals surface area contributed by atoms with E-state index in [9.17, 15) is 0 Å². The van der Waals surface area contributed by atoms with Crippen LogP contribution < -0.4 is 5.32 Å². The Balaban J connectivity index is 2.15. The third kappa shape index (κ3) is 3.44. The van der Waals surface area contributed by atoms with Gasteiger partial charge in [-0.25, -0.2) is 0 Å². The summed E-state index contributed by atoms with van der Waals surface area (Å²) in [5.41, 5.74) is 3.00. The number of hydrogen-bond acceptors (Lipinski definition) is 1. The zero-order chi connectivity index (χ0) is 11.9. The monoisotopic (exact) mass is 229 g/mol. The third-order valence-electron chi connectivity index (χ3n) is 3.43. The molecule has 0 saturated carbocycles. The Kier molecular flexibility index (Phi) is 4.81. The van der Waals surface area contributed by atoms with Gasteiger partial charge in [-0.15, -0.1) is 0 Å². The van der Waals surface area contributed by atoms with Crippen LogP contribution in [0.25, 0.3) is 0 Å². The molecule has 0 amide bonds. The molecule has 1 nitrogen and oxygen atoms in total. The van der Waals surface area contributed by atoms with Gasteiger partial charge in [0.25, 0.3) is 0 Å². The van der Waals surface area contributed by atoms with Gasteiger partial charge >= 0.3 is 0 Å². The largest absolute Gasteiger partial charge is 0.307 e. The first kappa shape index (κ1) is 12.4. The van der Waals surface area contributed by atoms with E-state index in [4.69, 9.17) is 0 Å². The van der Waals surface area contributed by atoms with Crippen molar-refractivity contribution in [3.63, 3.8) is 0 Å². The molecule has 0 fully saturated rings. The van der Waals surface area contributed by atoms with Crippen molar-refractivity contribution in [2.75, 3.05) is 6.54 Å². The first-order chi connectivity index (χ1) is 8.42. The summed E-state index contributed by atoms with van der Waals surface area (Å²) in [7, 11) is 0. The average Bonchev–Trinajstić information content (AvgIpc) is 2.42. The van der Waals surface area contributed by atoms with Gasteiger partial charge in [0.1, 0.15) is 0 Å². The quantitative estimate of drug-likeness (QED) is 0.745. The van der Waals surface area contributed by atoms with E-state index in [-0.39, 0.29) is 0 Å². The summed E-state index contributed by atoms with van der Waals surface area (Å²) in [6.45, 7) is 3.32. The van der Waals surface area contributed by atoms with Gasteiger partial charge in [-0.2, -0.15) is 0 Å². The highest BCUT2D eigenvalue weighted by Crippen LogP contribution is 2.29. The zero-order valence-electron chi connectivity index (χ0n) is 10.8. The van der Waals surface area contributed by atoms with Gasteiger partial charge in [0.15, 0.2) is 0 Å². The molecule has 0 spiro atoms. The van der Waals surface area contributed by atoms with Crippen LogP contribution in [-0.2, 0) is 0 Å². The van der Waals surface area contributed by atoms with E-state index < -0.39 is 0 Å². The van der Waals surface area contributed by atoms with Crippen LogP contribution in [0.15, 0.2) is 42.0 Å². The number of rotatable bonds is 5. The smallest absolute Gasteiger partial charge is 0.0536 e. The first-order valence-corrected chi connectivity index (χ1v) is 6.89. The molecule has 1 aliphatic carbocycles. The Morgan fingerprint density at radius 2 is 2.00 bits per heavy atom. The van der Waals surface area contributed by atoms with Gasteiger partial charge < -0.3 is 5.32 Å². The molecule has 0 saturated heterocycles. The molecule has 1 N–H and O–H groups in total. The lowest BCUT2D eigenvalue weighted by Gasteiger charge is -2.25. The van der Waals surface area contributed by atoms with Gasteiger partial charge in [-0.1, -0.05) is 48.9 Å². The third-order valence-corrected chi connectivity index (χ3v) is 3.43. The van der Waals surface area contributed by atoms with Crippen molar-refractivity contribution in [3.05, 3.63) is 47.5 Å². The SMILES string of the molecule is CCCNC(C1=CCCCC1)c1ccccc1. The van der Waals surface area contributed by atoms with Crippen molar-refractivity contribution in [1.29, 1.82) is 0 Å². The predicted octanol–water partition coefficient (Wildman–Crippen LogP) is 4.23. The van der Waals surface area contributed by atoms with Crippen molar-refractivity contribution < 1.29 is 0 Å². The first-order valence-electron chi connectivity index (χ1n) is 6.89. The van der Waals surface area contributed by atoms with Gasteiger partial charge in [-0.3, -0.25) is 0 Å². The lowest BCUT2D eigenvalue weighted by atomic mass is 9.90. The number of hydrogen-bond donors (Lipinski definition) is 1. The standard InChI is InChI=1S/C16H23N/c1-2-13-17-16(14-9-5-3-6-10-14)15-11-7-4-8-12-15/h3,5-6,9-11,16-17H,2,4,7-8,12-13H2,1H3. The van der Waals surface area contributed by atoms with E-state index >= 15 is 0 Å². The normalized spacial score (nSPS) is 17.6. The molecule has 1 unspecified atom stereocenters. The lowest BCUT2D eigenvalue weighted by Crippen LogP contribution is -2.24. The second-order valence-electron chi connectivity index (χ2n) is 4.82. The van der Waals surface area contributed by atoms with E-state index in [0.29, 0.717) is 6.04 Å². The Morgan fingerprint density at radius 3 is 2.65 bits per heavy atom. The molecule has 0 aliphatic heterocycles. The molecule has 17 heavy (non-hydrogen) atoms. The molecule has 1 atom stereocenters. The summed E-state index contributed by atoms with van der Waals surface area (Å²) >= 11 is 0. The average molecular weight is 229 g/mol. The highest BCUT2D eigenvalue weighted by Gasteiger charge is 2.16. The van der Waals surface area contributed by atoms with Crippen LogP contribution in [0.2, 0.25) is 0 Å².